The van der Waals surface area contributed by atoms with Crippen molar-refractivity contribution in [3.8, 4) is 11.5 Å². The van der Waals surface area contributed by atoms with Gasteiger partial charge in [-0.3, -0.25) is 9.88 Å². The van der Waals surface area contributed by atoms with Crippen molar-refractivity contribution >= 4 is 45.5 Å². The summed E-state index contributed by atoms with van der Waals surface area (Å²) in [5.74, 6) is 0.866. The van der Waals surface area contributed by atoms with Gasteiger partial charge < -0.3 is 23.9 Å². The van der Waals surface area contributed by atoms with Gasteiger partial charge in [-0.15, -0.1) is 0 Å². The first-order valence-corrected chi connectivity index (χ1v) is 11.5. The number of anilines is 2. The van der Waals surface area contributed by atoms with E-state index in [1.54, 1.807) is 19.2 Å². The Morgan fingerprint density at radius 3 is 2.64 bits per heavy atom. The fourth-order valence-electron chi connectivity index (χ4n) is 3.69. The number of hydrogen-bond donors (Lipinski definition) is 1. The molecule has 0 saturated carbocycles. The molecule has 1 saturated heterocycles. The molecule has 1 fully saturated rings. The predicted molar refractivity (Wildman–Crippen MR) is 129 cm³/mol. The molecule has 8 nitrogen and oxygen atoms in total. The van der Waals surface area contributed by atoms with Gasteiger partial charge in [0.05, 0.1) is 48.4 Å². The number of morpholine rings is 1. The molecule has 4 rings (SSSR count). The second-order valence-corrected chi connectivity index (χ2v) is 8.38. The highest BCUT2D eigenvalue weighted by Crippen LogP contribution is 2.40. The number of hydrogen-bond acceptors (Lipinski definition) is 8. The van der Waals surface area contributed by atoms with E-state index in [1.807, 2.05) is 0 Å². The molecule has 176 valence electrons. The van der Waals surface area contributed by atoms with E-state index in [0.717, 1.165) is 45.7 Å². The van der Waals surface area contributed by atoms with E-state index in [0.29, 0.717) is 50.5 Å². The van der Waals surface area contributed by atoms with E-state index in [-0.39, 0.29) is 0 Å². The molecular formula is C23H25Cl2N3O5. The van der Waals surface area contributed by atoms with Gasteiger partial charge in [-0.25, -0.2) is 4.79 Å². The summed E-state index contributed by atoms with van der Waals surface area (Å²) in [6, 6.07) is 4.90. The minimum Gasteiger partial charge on any atom is -0.493 e. The van der Waals surface area contributed by atoms with Gasteiger partial charge in [0.15, 0.2) is 11.3 Å². The number of rotatable bonds is 9. The van der Waals surface area contributed by atoms with Crippen molar-refractivity contribution in [2.45, 2.75) is 12.8 Å². The number of fused-ring (bicyclic) bond motifs is 1. The summed E-state index contributed by atoms with van der Waals surface area (Å²) in [6.07, 6.45) is 4.78. The van der Waals surface area contributed by atoms with Crippen LogP contribution in [0.1, 0.15) is 12.8 Å². The van der Waals surface area contributed by atoms with Crippen LogP contribution in [0.2, 0.25) is 10.0 Å². The summed E-state index contributed by atoms with van der Waals surface area (Å²) in [7, 11) is 1.54. The van der Waals surface area contributed by atoms with Crippen LogP contribution in [-0.2, 0) is 4.74 Å². The van der Waals surface area contributed by atoms with E-state index in [9.17, 15) is 4.79 Å². The molecule has 0 atom stereocenters. The molecule has 1 aliphatic rings. The summed E-state index contributed by atoms with van der Waals surface area (Å²) < 4.78 is 22.4. The Labute approximate surface area is 201 Å². The minimum absolute atomic E-state index is 0.291. The van der Waals surface area contributed by atoms with Gasteiger partial charge in [-0.1, -0.05) is 23.2 Å². The van der Waals surface area contributed by atoms with Gasteiger partial charge in [0.25, 0.3) is 0 Å². The molecule has 1 N–H and O–H groups in total. The first-order chi connectivity index (χ1) is 16.1. The van der Waals surface area contributed by atoms with Crippen molar-refractivity contribution < 1.29 is 18.6 Å². The summed E-state index contributed by atoms with van der Waals surface area (Å²) in [4.78, 5) is 18.7. The first-order valence-electron chi connectivity index (χ1n) is 10.7. The summed E-state index contributed by atoms with van der Waals surface area (Å²) >= 11 is 12.5. The Hall–Kier alpha value is -2.52. The first kappa shape index (κ1) is 23.6. The molecule has 3 aromatic rings. The average molecular weight is 494 g/mol. The lowest BCUT2D eigenvalue weighted by atomic mass is 10.1. The van der Waals surface area contributed by atoms with Gasteiger partial charge in [0.1, 0.15) is 0 Å². The van der Waals surface area contributed by atoms with Gasteiger partial charge in [-0.2, -0.15) is 0 Å². The second kappa shape index (κ2) is 11.1. The van der Waals surface area contributed by atoms with E-state index < -0.39 is 5.63 Å². The molecule has 0 unspecified atom stereocenters. The van der Waals surface area contributed by atoms with Crippen LogP contribution in [0.5, 0.6) is 11.5 Å². The molecule has 0 bridgehead atoms. The van der Waals surface area contributed by atoms with Crippen molar-refractivity contribution in [1.29, 1.82) is 0 Å². The van der Waals surface area contributed by atoms with Crippen LogP contribution >= 0.6 is 23.2 Å². The highest BCUT2D eigenvalue weighted by molar-refractivity contribution is 6.39. The number of unbranched alkanes of at least 4 members (excludes halogenated alkanes) is 1. The maximum atomic E-state index is 12.4. The molecule has 3 heterocycles. The van der Waals surface area contributed by atoms with Crippen LogP contribution in [0.15, 0.2) is 39.8 Å². The quantitative estimate of drug-likeness (QED) is 0.337. The van der Waals surface area contributed by atoms with E-state index in [1.165, 1.54) is 18.5 Å². The number of aromatic nitrogens is 1. The highest BCUT2D eigenvalue weighted by Gasteiger charge is 2.18. The topological polar surface area (TPSA) is 86.1 Å². The molecule has 2 aromatic heterocycles. The summed E-state index contributed by atoms with van der Waals surface area (Å²) in [5, 5.41) is 4.41. The lowest BCUT2D eigenvalue weighted by Crippen LogP contribution is -2.36. The predicted octanol–water partition coefficient (Wildman–Crippen LogP) is 4.74. The van der Waals surface area contributed by atoms with Gasteiger partial charge in [0.2, 0.25) is 5.75 Å². The monoisotopic (exact) mass is 493 g/mol. The number of nitrogens with one attached hydrogen (secondary N) is 1. The summed E-state index contributed by atoms with van der Waals surface area (Å²) in [6.45, 7) is 4.96. The van der Waals surface area contributed by atoms with Crippen molar-refractivity contribution in [1.82, 2.24) is 9.88 Å². The van der Waals surface area contributed by atoms with E-state index in [2.05, 4.69) is 15.2 Å². The zero-order chi connectivity index (χ0) is 23.2. The van der Waals surface area contributed by atoms with Crippen LogP contribution in [0.3, 0.4) is 0 Å². The maximum absolute atomic E-state index is 12.4. The lowest BCUT2D eigenvalue weighted by Gasteiger charge is -2.26. The van der Waals surface area contributed by atoms with Crippen LogP contribution < -0.4 is 20.4 Å². The van der Waals surface area contributed by atoms with Crippen molar-refractivity contribution in [3.63, 3.8) is 0 Å². The largest absolute Gasteiger partial charge is 0.493 e. The van der Waals surface area contributed by atoms with Crippen molar-refractivity contribution in [2.24, 2.45) is 0 Å². The number of nitrogens with zero attached hydrogens (tertiary/aromatic N) is 2. The summed E-state index contributed by atoms with van der Waals surface area (Å²) in [5.41, 5.74) is 0.674. The zero-order valence-electron chi connectivity index (χ0n) is 18.2. The number of ether oxygens (including phenoxy) is 3. The average Bonchev–Trinajstić information content (AvgIpc) is 2.82. The Bertz CT molecular complexity index is 1140. The fourth-order valence-corrected chi connectivity index (χ4v) is 4.15. The van der Waals surface area contributed by atoms with Crippen molar-refractivity contribution in [2.75, 3.05) is 51.9 Å². The molecule has 1 aromatic carbocycles. The third kappa shape index (κ3) is 5.70. The van der Waals surface area contributed by atoms with Gasteiger partial charge >= 0.3 is 5.63 Å². The smallest absolute Gasteiger partial charge is 0.338 e. The van der Waals surface area contributed by atoms with Crippen LogP contribution in [0, 0.1) is 0 Å². The Morgan fingerprint density at radius 2 is 1.91 bits per heavy atom. The Morgan fingerprint density at radius 1 is 1.15 bits per heavy atom. The van der Waals surface area contributed by atoms with E-state index in [4.69, 9.17) is 41.8 Å². The minimum atomic E-state index is -0.545. The third-order valence-corrected chi connectivity index (χ3v) is 5.96. The Kier molecular flexibility index (Phi) is 7.93. The molecule has 10 heteroatoms. The highest BCUT2D eigenvalue weighted by atomic mass is 35.5. The second-order valence-electron chi connectivity index (χ2n) is 7.57. The number of methoxy groups -OCH3 is 1. The van der Waals surface area contributed by atoms with Crippen LogP contribution in [0.4, 0.5) is 11.4 Å². The number of benzene rings is 1. The normalized spacial score (nSPS) is 14.4. The van der Waals surface area contributed by atoms with Crippen LogP contribution in [0.25, 0.3) is 11.0 Å². The molecule has 0 aliphatic carbocycles. The van der Waals surface area contributed by atoms with Gasteiger partial charge in [-0.05, 0) is 31.5 Å². The molecule has 0 spiro atoms. The SMILES string of the molecule is COc1ccc2c(Nc3c(Cl)cncc3Cl)cc(=O)oc2c1OCCCCN1CCOCC1. The van der Waals surface area contributed by atoms with Gasteiger partial charge in [0, 0.05) is 36.9 Å². The standard InChI is InChI=1S/C23H25Cl2N3O5/c1-30-19-5-4-15-18(27-21-16(24)13-26-14-17(21)25)12-20(29)33-22(15)23(19)32-9-3-2-6-28-7-10-31-11-8-28/h4-5,12-14H,2-3,6-11H2,1H3,(H,26,27). The molecule has 33 heavy (non-hydrogen) atoms. The molecular weight excluding hydrogens is 469 g/mol. The lowest BCUT2D eigenvalue weighted by molar-refractivity contribution is 0.0368. The Balaban J connectivity index is 1.55. The molecule has 1 aliphatic heterocycles. The van der Waals surface area contributed by atoms with Crippen LogP contribution in [-0.4, -0.2) is 56.4 Å². The maximum Gasteiger partial charge on any atom is 0.338 e. The van der Waals surface area contributed by atoms with E-state index >= 15 is 0 Å². The molecule has 0 amide bonds. The molecule has 0 radical (unpaired) electrons. The third-order valence-electron chi connectivity index (χ3n) is 5.38. The number of halogens is 2. The number of pyridine rings is 1. The zero-order valence-corrected chi connectivity index (χ0v) is 19.7. The fraction of sp³-hybridized carbons (Fsp3) is 0.391. The van der Waals surface area contributed by atoms with Crippen molar-refractivity contribution in [3.05, 3.63) is 51.1 Å².